The first kappa shape index (κ1) is 20.2. The highest BCUT2D eigenvalue weighted by Crippen LogP contribution is 2.36. The van der Waals surface area contributed by atoms with Crippen LogP contribution in [0.4, 0.5) is 5.82 Å². The number of aromatic nitrogens is 2. The lowest BCUT2D eigenvalue weighted by molar-refractivity contribution is -0.174. The van der Waals surface area contributed by atoms with Crippen LogP contribution < -0.4 is 11.4 Å². The van der Waals surface area contributed by atoms with Gasteiger partial charge in [0, 0.05) is 26.4 Å². The fraction of sp³-hybridized carbons (Fsp3) is 0.750. The Morgan fingerprint density at radius 1 is 1.48 bits per heavy atom. The van der Waals surface area contributed by atoms with Crippen molar-refractivity contribution in [3.05, 3.63) is 22.7 Å². The van der Waals surface area contributed by atoms with Crippen molar-refractivity contribution >= 4 is 15.8 Å². The van der Waals surface area contributed by atoms with Crippen LogP contribution >= 0.6 is 0 Å². The fourth-order valence-corrected chi connectivity index (χ4v) is 5.14. The second-order valence-electron chi connectivity index (χ2n) is 7.04. The number of nitrogen functional groups attached to an aromatic ring is 1. The van der Waals surface area contributed by atoms with Crippen molar-refractivity contribution in [2.24, 2.45) is 0 Å². The lowest BCUT2D eigenvalue weighted by atomic mass is 10.0. The normalized spacial score (nSPS) is 31.0. The summed E-state index contributed by atoms with van der Waals surface area (Å²) in [5, 5.41) is 0. The van der Waals surface area contributed by atoms with E-state index in [2.05, 4.69) is 4.98 Å². The molecule has 3 atom stereocenters. The fourth-order valence-electron chi connectivity index (χ4n) is 3.60. The minimum atomic E-state index is -3.29. The van der Waals surface area contributed by atoms with Crippen molar-refractivity contribution in [1.82, 2.24) is 13.9 Å². The van der Waals surface area contributed by atoms with E-state index in [1.165, 1.54) is 28.2 Å². The van der Waals surface area contributed by atoms with E-state index >= 15 is 0 Å². The van der Waals surface area contributed by atoms with Crippen LogP contribution in [0.15, 0.2) is 17.1 Å². The molecule has 0 bridgehead atoms. The molecule has 0 amide bonds. The molecule has 0 unspecified atom stereocenters. The minimum absolute atomic E-state index is 0.0188. The van der Waals surface area contributed by atoms with Crippen LogP contribution in [-0.2, 0) is 30.0 Å². The highest BCUT2D eigenvalue weighted by molar-refractivity contribution is 7.89. The van der Waals surface area contributed by atoms with Gasteiger partial charge >= 0.3 is 5.69 Å². The van der Waals surface area contributed by atoms with Gasteiger partial charge in [-0.05, 0) is 26.3 Å². The number of methoxy groups -OCH3 is 1. The molecular formula is C16H26N4O6S. The molecule has 2 fully saturated rings. The average Bonchev–Trinajstić information content (AvgIpc) is 3.09. The van der Waals surface area contributed by atoms with Crippen LogP contribution in [0.3, 0.4) is 0 Å². The summed E-state index contributed by atoms with van der Waals surface area (Å²) in [6.45, 7) is 4.31. The molecule has 152 valence electrons. The Morgan fingerprint density at radius 3 is 2.78 bits per heavy atom. The predicted octanol–water partition coefficient (Wildman–Crippen LogP) is -0.647. The van der Waals surface area contributed by atoms with Crippen molar-refractivity contribution in [3.63, 3.8) is 0 Å². The van der Waals surface area contributed by atoms with Crippen molar-refractivity contribution in [3.8, 4) is 0 Å². The van der Waals surface area contributed by atoms with E-state index in [4.69, 9.17) is 19.9 Å². The Bertz CT molecular complexity index is 842. The molecule has 2 N–H and O–H groups in total. The number of ether oxygens (including phenoxy) is 3. The molecule has 10 nitrogen and oxygen atoms in total. The van der Waals surface area contributed by atoms with Gasteiger partial charge in [-0.3, -0.25) is 4.57 Å². The van der Waals surface area contributed by atoms with Crippen LogP contribution in [0.1, 0.15) is 20.3 Å². The number of rotatable bonds is 6. The zero-order valence-electron chi connectivity index (χ0n) is 15.7. The standard InChI is InChI=1S/C16H26N4O6S/c1-11(2)26-14-12(9-19-6-4-8-27(19,22)23)25-10-16(14,24-3)20-7-5-13(17)18-15(20)21/h5,7,11-12,14H,4,6,8-10H2,1-3H3,(H2,17,18,21)/t12-,14-,16+/m1/s1. The number of hydrogen-bond donors (Lipinski definition) is 1. The van der Waals surface area contributed by atoms with Gasteiger partial charge in [0.05, 0.1) is 18.5 Å². The molecule has 11 heteroatoms. The Labute approximate surface area is 158 Å². The van der Waals surface area contributed by atoms with Crippen LogP contribution in [0, 0.1) is 0 Å². The Balaban J connectivity index is 1.97. The monoisotopic (exact) mass is 402 g/mol. The van der Waals surface area contributed by atoms with Gasteiger partial charge in [-0.2, -0.15) is 9.29 Å². The van der Waals surface area contributed by atoms with Gasteiger partial charge in [-0.1, -0.05) is 0 Å². The smallest absolute Gasteiger partial charge is 0.352 e. The molecule has 2 saturated heterocycles. The van der Waals surface area contributed by atoms with Crippen LogP contribution in [-0.4, -0.2) is 73.1 Å². The number of sulfonamides is 1. The molecule has 0 radical (unpaired) electrons. The number of hydrogen-bond acceptors (Lipinski definition) is 8. The average molecular weight is 402 g/mol. The lowest BCUT2D eigenvalue weighted by Gasteiger charge is -2.36. The largest absolute Gasteiger partial charge is 0.383 e. The van der Waals surface area contributed by atoms with Crippen molar-refractivity contribution in [2.75, 3.05) is 38.3 Å². The van der Waals surface area contributed by atoms with E-state index in [9.17, 15) is 13.2 Å². The van der Waals surface area contributed by atoms with E-state index in [0.29, 0.717) is 13.0 Å². The second-order valence-corrected chi connectivity index (χ2v) is 9.12. The molecule has 1 aromatic heterocycles. The molecule has 0 spiro atoms. The summed E-state index contributed by atoms with van der Waals surface area (Å²) < 4.78 is 44.8. The van der Waals surface area contributed by atoms with Gasteiger partial charge in [0.2, 0.25) is 15.7 Å². The van der Waals surface area contributed by atoms with E-state index in [0.717, 1.165) is 0 Å². The van der Waals surface area contributed by atoms with Gasteiger partial charge < -0.3 is 19.9 Å². The molecule has 27 heavy (non-hydrogen) atoms. The first-order chi connectivity index (χ1) is 12.7. The van der Waals surface area contributed by atoms with Gasteiger partial charge in [0.25, 0.3) is 0 Å². The van der Waals surface area contributed by atoms with Crippen LogP contribution in [0.2, 0.25) is 0 Å². The third-order valence-electron chi connectivity index (χ3n) is 4.88. The van der Waals surface area contributed by atoms with Gasteiger partial charge in [-0.25, -0.2) is 13.2 Å². The molecule has 2 aliphatic heterocycles. The third-order valence-corrected chi connectivity index (χ3v) is 6.80. The van der Waals surface area contributed by atoms with Gasteiger partial charge in [0.1, 0.15) is 18.0 Å². The van der Waals surface area contributed by atoms with Crippen LogP contribution in [0.25, 0.3) is 0 Å². The molecular weight excluding hydrogens is 376 g/mol. The lowest BCUT2D eigenvalue weighted by Crippen LogP contribution is -2.55. The summed E-state index contributed by atoms with van der Waals surface area (Å²) in [4.78, 5) is 16.2. The number of nitrogens with zero attached hydrogens (tertiary/aromatic N) is 3. The molecule has 3 rings (SSSR count). The Morgan fingerprint density at radius 2 is 2.22 bits per heavy atom. The topological polar surface area (TPSA) is 126 Å². The third kappa shape index (κ3) is 3.74. The number of nitrogens with two attached hydrogens (primary N) is 1. The highest BCUT2D eigenvalue weighted by atomic mass is 32.2. The molecule has 0 aromatic carbocycles. The van der Waals surface area contributed by atoms with E-state index in [1.54, 1.807) is 0 Å². The summed E-state index contributed by atoms with van der Waals surface area (Å²) in [5.41, 5.74) is 3.73. The first-order valence-corrected chi connectivity index (χ1v) is 10.5. The summed E-state index contributed by atoms with van der Waals surface area (Å²) in [6.07, 6.45) is 0.581. The summed E-state index contributed by atoms with van der Waals surface area (Å²) in [6, 6.07) is 1.49. The van der Waals surface area contributed by atoms with Crippen LogP contribution in [0.5, 0.6) is 0 Å². The zero-order valence-corrected chi connectivity index (χ0v) is 16.5. The van der Waals surface area contributed by atoms with E-state index in [-0.39, 0.29) is 30.8 Å². The van der Waals surface area contributed by atoms with Gasteiger partial charge in [0.15, 0.2) is 0 Å². The molecule has 0 saturated carbocycles. The van der Waals surface area contributed by atoms with Gasteiger partial charge in [-0.15, -0.1) is 0 Å². The van der Waals surface area contributed by atoms with E-state index < -0.39 is 33.6 Å². The molecule has 2 aliphatic rings. The van der Waals surface area contributed by atoms with Crippen molar-refractivity contribution in [1.29, 1.82) is 0 Å². The summed E-state index contributed by atoms with van der Waals surface area (Å²) >= 11 is 0. The summed E-state index contributed by atoms with van der Waals surface area (Å²) in [5.74, 6) is 0.231. The maximum atomic E-state index is 12.5. The quantitative estimate of drug-likeness (QED) is 0.665. The SMILES string of the molecule is CO[C@@]1(n2ccc(N)nc2=O)CO[C@H](CN2CCCS2(=O)=O)[C@H]1OC(C)C. The molecule has 0 aliphatic carbocycles. The summed E-state index contributed by atoms with van der Waals surface area (Å²) in [7, 11) is -1.83. The highest BCUT2D eigenvalue weighted by Gasteiger charge is 2.55. The Hall–Kier alpha value is -1.53. The number of anilines is 1. The van der Waals surface area contributed by atoms with E-state index in [1.807, 2.05) is 13.8 Å². The Kier molecular flexibility index (Phi) is 5.59. The second kappa shape index (κ2) is 7.47. The van der Waals surface area contributed by atoms with Crippen molar-refractivity contribution < 1.29 is 22.6 Å². The maximum absolute atomic E-state index is 12.5. The predicted molar refractivity (Wildman–Crippen MR) is 97.6 cm³/mol. The maximum Gasteiger partial charge on any atom is 0.352 e. The van der Waals surface area contributed by atoms with Crippen molar-refractivity contribution in [2.45, 2.75) is 44.3 Å². The minimum Gasteiger partial charge on any atom is -0.383 e. The molecule has 1 aromatic rings. The molecule has 3 heterocycles. The zero-order chi connectivity index (χ0) is 19.8. The first-order valence-electron chi connectivity index (χ1n) is 8.85.